The molecule has 22 heavy (non-hydrogen) atoms. The van der Waals surface area contributed by atoms with Gasteiger partial charge in [0, 0.05) is 38.5 Å². The van der Waals surface area contributed by atoms with Crippen molar-refractivity contribution in [2.45, 2.75) is 39.0 Å². The molecule has 1 aromatic rings. The first kappa shape index (κ1) is 18.8. The lowest BCUT2D eigenvalue weighted by molar-refractivity contribution is 0.200. The van der Waals surface area contributed by atoms with Gasteiger partial charge in [0.25, 0.3) is 0 Å². The lowest BCUT2D eigenvalue weighted by Crippen LogP contribution is -2.25. The summed E-state index contributed by atoms with van der Waals surface area (Å²) in [6, 6.07) is 8.20. The Hall–Kier alpha value is -1.26. The van der Waals surface area contributed by atoms with Crippen LogP contribution in [0.3, 0.4) is 0 Å². The van der Waals surface area contributed by atoms with E-state index in [-0.39, 0.29) is 0 Å². The zero-order chi connectivity index (χ0) is 15.9. The van der Waals surface area contributed by atoms with Gasteiger partial charge in [-0.3, -0.25) is 0 Å². The Bertz CT molecular complexity index is 341. The largest absolute Gasteiger partial charge is 0.494 e. The van der Waals surface area contributed by atoms with E-state index in [1.165, 1.54) is 25.7 Å². The second kappa shape index (κ2) is 13.4. The molecule has 0 aliphatic heterocycles. The maximum Gasteiger partial charge on any atom is 0.121 e. The molecule has 0 aliphatic rings. The van der Waals surface area contributed by atoms with Gasteiger partial charge in [0.05, 0.1) is 13.2 Å². The summed E-state index contributed by atoms with van der Waals surface area (Å²) in [5, 5.41) is 6.71. The molecule has 0 radical (unpaired) electrons. The summed E-state index contributed by atoms with van der Waals surface area (Å²) in [4.78, 5) is 0. The van der Waals surface area contributed by atoms with Crippen molar-refractivity contribution in [3.8, 4) is 5.75 Å². The zero-order valence-corrected chi connectivity index (χ0v) is 14.2. The minimum atomic E-state index is 0.752. The van der Waals surface area contributed by atoms with Crippen LogP contribution in [0.4, 0.5) is 5.69 Å². The van der Waals surface area contributed by atoms with Crippen LogP contribution in [-0.4, -0.2) is 40.0 Å². The number of hydrogen-bond acceptors (Lipinski definition) is 4. The Labute approximate surface area is 135 Å². The standard InChI is InChI=1S/C18H32N2O2/c1-3-4-5-6-7-14-22-18-10-8-9-17(16-18)20-12-11-19-13-15-21-2/h8-10,16,19-20H,3-7,11-15H2,1-2H3. The molecule has 4 heteroatoms. The van der Waals surface area contributed by atoms with Crippen molar-refractivity contribution < 1.29 is 9.47 Å². The summed E-state index contributed by atoms with van der Waals surface area (Å²) in [7, 11) is 1.72. The van der Waals surface area contributed by atoms with Crippen LogP contribution in [0.1, 0.15) is 39.0 Å². The van der Waals surface area contributed by atoms with E-state index in [9.17, 15) is 0 Å². The van der Waals surface area contributed by atoms with E-state index < -0.39 is 0 Å². The van der Waals surface area contributed by atoms with Crippen LogP contribution in [0.15, 0.2) is 24.3 Å². The summed E-state index contributed by atoms with van der Waals surface area (Å²) in [6.45, 7) is 6.50. The molecule has 0 atom stereocenters. The fraction of sp³-hybridized carbons (Fsp3) is 0.667. The predicted molar refractivity (Wildman–Crippen MR) is 93.9 cm³/mol. The van der Waals surface area contributed by atoms with Gasteiger partial charge in [0.15, 0.2) is 0 Å². The predicted octanol–water partition coefficient (Wildman–Crippen LogP) is 3.68. The van der Waals surface area contributed by atoms with Gasteiger partial charge in [-0.25, -0.2) is 0 Å². The highest BCUT2D eigenvalue weighted by atomic mass is 16.5. The molecule has 0 fully saturated rings. The molecule has 0 heterocycles. The lowest BCUT2D eigenvalue weighted by atomic mass is 10.2. The second-order valence-corrected chi connectivity index (χ2v) is 5.46. The molecule has 1 aromatic carbocycles. The molecule has 0 saturated heterocycles. The summed E-state index contributed by atoms with van der Waals surface area (Å²) >= 11 is 0. The Balaban J connectivity index is 2.13. The first-order valence-corrected chi connectivity index (χ1v) is 8.53. The van der Waals surface area contributed by atoms with Crippen LogP contribution in [-0.2, 0) is 4.74 Å². The highest BCUT2D eigenvalue weighted by Crippen LogP contribution is 2.17. The number of anilines is 1. The molecule has 1 rings (SSSR count). The van der Waals surface area contributed by atoms with Crippen LogP contribution in [0.25, 0.3) is 0 Å². The summed E-state index contributed by atoms with van der Waals surface area (Å²) in [5.74, 6) is 0.952. The van der Waals surface area contributed by atoms with Gasteiger partial charge in [0.2, 0.25) is 0 Å². The SMILES string of the molecule is CCCCCCCOc1cccc(NCCNCCOC)c1. The zero-order valence-electron chi connectivity index (χ0n) is 14.2. The first-order chi connectivity index (χ1) is 10.9. The Morgan fingerprint density at radius 3 is 2.64 bits per heavy atom. The fourth-order valence-electron chi connectivity index (χ4n) is 2.19. The molecule has 0 spiro atoms. The molecule has 0 aliphatic carbocycles. The third kappa shape index (κ3) is 9.64. The number of ether oxygens (including phenoxy) is 2. The van der Waals surface area contributed by atoms with E-state index in [1.807, 2.05) is 12.1 Å². The van der Waals surface area contributed by atoms with Crippen molar-refractivity contribution in [3.63, 3.8) is 0 Å². The van der Waals surface area contributed by atoms with E-state index in [2.05, 4.69) is 29.7 Å². The third-order valence-corrected chi connectivity index (χ3v) is 3.46. The molecule has 0 unspecified atom stereocenters. The van der Waals surface area contributed by atoms with Gasteiger partial charge < -0.3 is 20.1 Å². The van der Waals surface area contributed by atoms with Crippen LogP contribution in [0.2, 0.25) is 0 Å². The van der Waals surface area contributed by atoms with E-state index in [0.717, 1.165) is 50.7 Å². The molecule has 0 amide bonds. The van der Waals surface area contributed by atoms with Gasteiger partial charge in [-0.1, -0.05) is 38.7 Å². The molecule has 126 valence electrons. The molecule has 0 bridgehead atoms. The Morgan fingerprint density at radius 1 is 0.955 bits per heavy atom. The summed E-state index contributed by atoms with van der Waals surface area (Å²) in [5.41, 5.74) is 1.11. The van der Waals surface area contributed by atoms with E-state index in [4.69, 9.17) is 9.47 Å². The average Bonchev–Trinajstić information content (AvgIpc) is 2.54. The highest BCUT2D eigenvalue weighted by molar-refractivity contribution is 5.48. The van der Waals surface area contributed by atoms with E-state index in [1.54, 1.807) is 7.11 Å². The number of methoxy groups -OCH3 is 1. The monoisotopic (exact) mass is 308 g/mol. The van der Waals surface area contributed by atoms with Crippen molar-refractivity contribution in [2.24, 2.45) is 0 Å². The van der Waals surface area contributed by atoms with Gasteiger partial charge in [-0.05, 0) is 18.6 Å². The Morgan fingerprint density at radius 2 is 1.82 bits per heavy atom. The number of unbranched alkanes of at least 4 members (excludes halogenated alkanes) is 4. The molecular formula is C18H32N2O2. The second-order valence-electron chi connectivity index (χ2n) is 5.46. The summed E-state index contributed by atoms with van der Waals surface area (Å²) < 4.78 is 10.8. The smallest absolute Gasteiger partial charge is 0.121 e. The third-order valence-electron chi connectivity index (χ3n) is 3.46. The maximum atomic E-state index is 5.81. The van der Waals surface area contributed by atoms with Gasteiger partial charge in [-0.15, -0.1) is 0 Å². The summed E-state index contributed by atoms with van der Waals surface area (Å²) in [6.07, 6.45) is 6.34. The normalized spacial score (nSPS) is 10.6. The molecular weight excluding hydrogens is 276 g/mol. The average molecular weight is 308 g/mol. The van der Waals surface area contributed by atoms with Crippen molar-refractivity contribution in [2.75, 3.05) is 45.3 Å². The van der Waals surface area contributed by atoms with Crippen molar-refractivity contribution in [3.05, 3.63) is 24.3 Å². The number of hydrogen-bond donors (Lipinski definition) is 2. The van der Waals surface area contributed by atoms with Crippen molar-refractivity contribution in [1.29, 1.82) is 0 Å². The van der Waals surface area contributed by atoms with Gasteiger partial charge in [0.1, 0.15) is 5.75 Å². The van der Waals surface area contributed by atoms with Crippen LogP contribution in [0, 0.1) is 0 Å². The number of nitrogens with one attached hydrogen (secondary N) is 2. The van der Waals surface area contributed by atoms with Crippen LogP contribution < -0.4 is 15.4 Å². The highest BCUT2D eigenvalue weighted by Gasteiger charge is 1.97. The van der Waals surface area contributed by atoms with E-state index in [0.29, 0.717) is 0 Å². The van der Waals surface area contributed by atoms with Gasteiger partial charge >= 0.3 is 0 Å². The van der Waals surface area contributed by atoms with E-state index >= 15 is 0 Å². The molecule has 0 aromatic heterocycles. The van der Waals surface area contributed by atoms with Crippen molar-refractivity contribution in [1.82, 2.24) is 5.32 Å². The quantitative estimate of drug-likeness (QED) is 0.514. The Kier molecular flexibility index (Phi) is 11.4. The fourth-order valence-corrected chi connectivity index (χ4v) is 2.19. The molecule has 0 saturated carbocycles. The number of benzene rings is 1. The maximum absolute atomic E-state index is 5.81. The van der Waals surface area contributed by atoms with Gasteiger partial charge in [-0.2, -0.15) is 0 Å². The topological polar surface area (TPSA) is 42.5 Å². The minimum Gasteiger partial charge on any atom is -0.494 e. The van der Waals surface area contributed by atoms with Crippen molar-refractivity contribution >= 4 is 5.69 Å². The van der Waals surface area contributed by atoms with Crippen LogP contribution in [0.5, 0.6) is 5.75 Å². The van der Waals surface area contributed by atoms with Crippen LogP contribution >= 0.6 is 0 Å². The molecule has 2 N–H and O–H groups in total. The number of rotatable bonds is 14. The minimum absolute atomic E-state index is 0.752. The lowest BCUT2D eigenvalue weighted by Gasteiger charge is -2.10. The first-order valence-electron chi connectivity index (χ1n) is 8.53. The molecule has 4 nitrogen and oxygen atoms in total.